The highest BCUT2D eigenvalue weighted by Gasteiger charge is 2.34. The van der Waals surface area contributed by atoms with Crippen molar-refractivity contribution in [3.05, 3.63) is 42.1 Å². The molecule has 1 aromatic carbocycles. The van der Waals surface area contributed by atoms with Crippen molar-refractivity contribution in [3.8, 4) is 0 Å². The molecular formula is C17H22N2O. The minimum absolute atomic E-state index is 0.550. The van der Waals surface area contributed by atoms with Gasteiger partial charge in [-0.25, -0.2) is 0 Å². The molecule has 0 spiro atoms. The van der Waals surface area contributed by atoms with Gasteiger partial charge >= 0.3 is 0 Å². The molecule has 3 heteroatoms. The van der Waals surface area contributed by atoms with E-state index in [1.165, 1.54) is 0 Å². The number of para-hydroxylation sites is 1. The lowest BCUT2D eigenvalue weighted by Gasteiger charge is -2.36. The number of nitrogens with zero attached hydrogens (tertiary/aromatic N) is 1. The minimum atomic E-state index is -0.705. The molecule has 0 atom stereocenters. The van der Waals surface area contributed by atoms with E-state index in [0.717, 1.165) is 48.7 Å². The van der Waals surface area contributed by atoms with Crippen molar-refractivity contribution in [2.24, 2.45) is 0 Å². The van der Waals surface area contributed by atoms with Crippen molar-refractivity contribution in [1.82, 2.24) is 10.3 Å². The second-order valence-corrected chi connectivity index (χ2v) is 5.78. The number of aromatic nitrogens is 1. The predicted molar refractivity (Wildman–Crippen MR) is 81.6 cm³/mol. The Morgan fingerprint density at radius 2 is 2.05 bits per heavy atom. The van der Waals surface area contributed by atoms with Crippen molar-refractivity contribution >= 4 is 10.9 Å². The summed E-state index contributed by atoms with van der Waals surface area (Å²) in [5.74, 6) is 0. The maximum Gasteiger partial charge on any atom is 0.0912 e. The number of hydrogen-bond donors (Lipinski definition) is 2. The molecule has 3 rings (SSSR count). The molecular weight excluding hydrogens is 248 g/mol. The smallest absolute Gasteiger partial charge is 0.0912 e. The van der Waals surface area contributed by atoms with Crippen LogP contribution >= 0.6 is 0 Å². The summed E-state index contributed by atoms with van der Waals surface area (Å²) in [5.41, 5.74) is 1.25. The van der Waals surface area contributed by atoms with Crippen molar-refractivity contribution in [2.45, 2.75) is 44.2 Å². The topological polar surface area (TPSA) is 45.1 Å². The largest absolute Gasteiger partial charge is 0.385 e. The number of hydrogen-bond acceptors (Lipinski definition) is 3. The molecule has 20 heavy (non-hydrogen) atoms. The lowest BCUT2D eigenvalue weighted by atomic mass is 9.78. The third-order valence-electron chi connectivity index (χ3n) is 4.43. The molecule has 0 amide bonds. The standard InChI is InChI=1S/C17H22N2O/c1-2-18-15-7-9-17(20,10-8-15)14-11-13-5-3-4-6-16(13)19-12-14/h3-6,11-12,15,18,20H,2,7-10H2,1H3. The lowest BCUT2D eigenvalue weighted by molar-refractivity contribution is -0.00829. The summed E-state index contributed by atoms with van der Waals surface area (Å²) < 4.78 is 0. The number of nitrogens with one attached hydrogen (secondary N) is 1. The first-order valence-corrected chi connectivity index (χ1v) is 7.52. The van der Waals surface area contributed by atoms with Gasteiger partial charge in [-0.05, 0) is 44.4 Å². The van der Waals surface area contributed by atoms with Crippen LogP contribution in [0.25, 0.3) is 10.9 Å². The second-order valence-electron chi connectivity index (χ2n) is 5.78. The maximum atomic E-state index is 10.9. The first kappa shape index (κ1) is 13.5. The molecule has 1 heterocycles. The second kappa shape index (κ2) is 5.51. The van der Waals surface area contributed by atoms with Crippen LogP contribution in [0.2, 0.25) is 0 Å². The van der Waals surface area contributed by atoms with Crippen LogP contribution in [0, 0.1) is 0 Å². The molecule has 0 bridgehead atoms. The summed E-state index contributed by atoms with van der Waals surface area (Å²) in [5, 5.41) is 15.5. The van der Waals surface area contributed by atoms with Gasteiger partial charge in [0.25, 0.3) is 0 Å². The molecule has 106 valence electrons. The Hall–Kier alpha value is -1.45. The summed E-state index contributed by atoms with van der Waals surface area (Å²) in [6.07, 6.45) is 5.51. The van der Waals surface area contributed by atoms with E-state index in [-0.39, 0.29) is 0 Å². The highest BCUT2D eigenvalue weighted by Crippen LogP contribution is 2.37. The molecule has 1 saturated carbocycles. The average molecular weight is 270 g/mol. The first-order chi connectivity index (χ1) is 9.71. The van der Waals surface area contributed by atoms with E-state index in [9.17, 15) is 5.11 Å². The molecule has 2 aromatic rings. The first-order valence-electron chi connectivity index (χ1n) is 7.52. The molecule has 3 nitrogen and oxygen atoms in total. The number of benzene rings is 1. The molecule has 1 fully saturated rings. The quantitative estimate of drug-likeness (QED) is 0.901. The highest BCUT2D eigenvalue weighted by molar-refractivity contribution is 5.78. The highest BCUT2D eigenvalue weighted by atomic mass is 16.3. The summed E-state index contributed by atoms with van der Waals surface area (Å²) in [6.45, 7) is 3.13. The van der Waals surface area contributed by atoms with Crippen LogP contribution in [0.5, 0.6) is 0 Å². The molecule has 2 N–H and O–H groups in total. The summed E-state index contributed by atoms with van der Waals surface area (Å²) in [7, 11) is 0. The Kier molecular flexibility index (Phi) is 3.72. The molecule has 0 aliphatic heterocycles. The van der Waals surface area contributed by atoms with Crippen molar-refractivity contribution in [1.29, 1.82) is 0 Å². The van der Waals surface area contributed by atoms with E-state index in [1.54, 1.807) is 0 Å². The van der Waals surface area contributed by atoms with Crippen LogP contribution in [0.15, 0.2) is 36.5 Å². The van der Waals surface area contributed by atoms with Gasteiger partial charge in [-0.1, -0.05) is 25.1 Å². The Bertz CT molecular complexity index is 588. The van der Waals surface area contributed by atoms with E-state index in [4.69, 9.17) is 0 Å². The SMILES string of the molecule is CCNC1CCC(O)(c2cnc3ccccc3c2)CC1. The van der Waals surface area contributed by atoms with E-state index in [0.29, 0.717) is 6.04 Å². The fourth-order valence-electron chi connectivity index (χ4n) is 3.20. The molecule has 0 saturated heterocycles. The Balaban J connectivity index is 1.83. The zero-order valence-electron chi connectivity index (χ0n) is 12.0. The van der Waals surface area contributed by atoms with Gasteiger partial charge in [0.15, 0.2) is 0 Å². The van der Waals surface area contributed by atoms with E-state index in [2.05, 4.69) is 29.4 Å². The van der Waals surface area contributed by atoms with Crippen LogP contribution in [0.3, 0.4) is 0 Å². The minimum Gasteiger partial charge on any atom is -0.385 e. The molecule has 0 radical (unpaired) electrons. The van der Waals surface area contributed by atoms with Crippen LogP contribution in [-0.2, 0) is 5.60 Å². The van der Waals surface area contributed by atoms with Crippen molar-refractivity contribution < 1.29 is 5.11 Å². The van der Waals surface area contributed by atoms with Gasteiger partial charge in [0, 0.05) is 23.2 Å². The van der Waals surface area contributed by atoms with Gasteiger partial charge < -0.3 is 10.4 Å². The molecule has 1 aliphatic rings. The van der Waals surface area contributed by atoms with Gasteiger partial charge in [0.1, 0.15) is 0 Å². The summed E-state index contributed by atoms with van der Waals surface area (Å²) in [6, 6.07) is 10.7. The van der Waals surface area contributed by atoms with Gasteiger partial charge in [-0.3, -0.25) is 4.98 Å². The zero-order valence-corrected chi connectivity index (χ0v) is 12.0. The van der Waals surface area contributed by atoms with Crippen LogP contribution < -0.4 is 5.32 Å². The maximum absolute atomic E-state index is 10.9. The summed E-state index contributed by atoms with van der Waals surface area (Å²) in [4.78, 5) is 4.48. The number of fused-ring (bicyclic) bond motifs is 1. The molecule has 1 aromatic heterocycles. The molecule has 1 aliphatic carbocycles. The number of aliphatic hydroxyl groups is 1. The fourth-order valence-corrected chi connectivity index (χ4v) is 3.20. The third-order valence-corrected chi connectivity index (χ3v) is 4.43. The van der Waals surface area contributed by atoms with Gasteiger partial charge in [0.05, 0.1) is 11.1 Å². The van der Waals surface area contributed by atoms with Crippen molar-refractivity contribution in [2.75, 3.05) is 6.54 Å². The van der Waals surface area contributed by atoms with Crippen LogP contribution in [-0.4, -0.2) is 22.7 Å². The van der Waals surface area contributed by atoms with Gasteiger partial charge in [-0.2, -0.15) is 0 Å². The lowest BCUT2D eigenvalue weighted by Crippen LogP contribution is -2.39. The van der Waals surface area contributed by atoms with Gasteiger partial charge in [0.2, 0.25) is 0 Å². The predicted octanol–water partition coefficient (Wildman–Crippen LogP) is 2.97. The number of rotatable bonds is 3. The van der Waals surface area contributed by atoms with Crippen LogP contribution in [0.1, 0.15) is 38.2 Å². The summed E-state index contributed by atoms with van der Waals surface area (Å²) >= 11 is 0. The molecule has 0 unspecified atom stereocenters. The van der Waals surface area contributed by atoms with Crippen LogP contribution in [0.4, 0.5) is 0 Å². The van der Waals surface area contributed by atoms with E-state index in [1.807, 2.05) is 24.4 Å². The van der Waals surface area contributed by atoms with E-state index < -0.39 is 5.60 Å². The number of pyridine rings is 1. The Labute approximate surface area is 120 Å². The normalized spacial score (nSPS) is 26.8. The monoisotopic (exact) mass is 270 g/mol. The fraction of sp³-hybridized carbons (Fsp3) is 0.471. The zero-order chi connectivity index (χ0) is 14.0. The Morgan fingerprint density at radius 3 is 2.80 bits per heavy atom. The van der Waals surface area contributed by atoms with Gasteiger partial charge in [-0.15, -0.1) is 0 Å². The van der Waals surface area contributed by atoms with Crippen molar-refractivity contribution in [3.63, 3.8) is 0 Å². The third kappa shape index (κ3) is 2.56. The average Bonchev–Trinajstić information content (AvgIpc) is 2.49. The Morgan fingerprint density at radius 1 is 1.30 bits per heavy atom. The van der Waals surface area contributed by atoms with E-state index >= 15 is 0 Å².